The molecule has 15 heavy (non-hydrogen) atoms. The van der Waals surface area contributed by atoms with E-state index >= 15 is 0 Å². The molecule has 0 aliphatic heterocycles. The van der Waals surface area contributed by atoms with Crippen LogP contribution in [-0.2, 0) is 14.3 Å². The first-order chi connectivity index (χ1) is 7.17. The molecule has 86 valence electrons. The number of nitriles is 1. The molecule has 0 radical (unpaired) electrons. The molecule has 0 aliphatic rings. The fourth-order valence-corrected chi connectivity index (χ4v) is 1.22. The van der Waals surface area contributed by atoms with Gasteiger partial charge in [-0.2, -0.15) is 5.26 Å². The van der Waals surface area contributed by atoms with Gasteiger partial charge < -0.3 is 9.47 Å². The number of hydrogen-bond donors (Lipinski definition) is 0. The minimum absolute atomic E-state index is 0.288. The highest BCUT2D eigenvalue weighted by molar-refractivity contribution is 5.75. The Morgan fingerprint density at radius 2 is 2.13 bits per heavy atom. The molecule has 0 saturated carbocycles. The zero-order valence-corrected chi connectivity index (χ0v) is 9.52. The van der Waals surface area contributed by atoms with Crippen molar-refractivity contribution < 1.29 is 14.3 Å². The maximum Gasteiger partial charge on any atom is 0.322 e. The van der Waals surface area contributed by atoms with Gasteiger partial charge in [0.25, 0.3) is 0 Å². The molecule has 0 spiro atoms. The van der Waals surface area contributed by atoms with E-state index in [9.17, 15) is 4.79 Å². The van der Waals surface area contributed by atoms with Gasteiger partial charge in [-0.05, 0) is 6.92 Å². The van der Waals surface area contributed by atoms with Gasteiger partial charge in [0.2, 0.25) is 0 Å². The molecule has 0 aromatic heterocycles. The van der Waals surface area contributed by atoms with Crippen molar-refractivity contribution in [2.45, 2.75) is 19.4 Å². The van der Waals surface area contributed by atoms with E-state index in [1.54, 1.807) is 14.0 Å². The van der Waals surface area contributed by atoms with Gasteiger partial charge >= 0.3 is 5.97 Å². The van der Waals surface area contributed by atoms with Gasteiger partial charge in [-0.3, -0.25) is 9.69 Å². The van der Waals surface area contributed by atoms with Crippen LogP contribution in [0.2, 0.25) is 0 Å². The highest BCUT2D eigenvalue weighted by atomic mass is 16.5. The van der Waals surface area contributed by atoms with Crippen molar-refractivity contribution in [1.82, 2.24) is 4.90 Å². The minimum Gasteiger partial charge on any atom is -0.468 e. The maximum atomic E-state index is 11.3. The summed E-state index contributed by atoms with van der Waals surface area (Å²) >= 11 is 0. The maximum absolute atomic E-state index is 11.3. The fraction of sp³-hybridized carbons (Fsp3) is 0.800. The first-order valence-electron chi connectivity index (χ1n) is 4.85. The van der Waals surface area contributed by atoms with Crippen LogP contribution in [0.25, 0.3) is 0 Å². The van der Waals surface area contributed by atoms with Crippen LogP contribution in [0.1, 0.15) is 13.3 Å². The topological polar surface area (TPSA) is 62.6 Å². The Bertz CT molecular complexity index is 225. The van der Waals surface area contributed by atoms with Crippen LogP contribution in [-0.4, -0.2) is 50.8 Å². The largest absolute Gasteiger partial charge is 0.468 e. The van der Waals surface area contributed by atoms with Gasteiger partial charge in [-0.25, -0.2) is 0 Å². The summed E-state index contributed by atoms with van der Waals surface area (Å²) in [6.45, 7) is 3.47. The third-order valence-corrected chi connectivity index (χ3v) is 2.18. The predicted molar refractivity (Wildman–Crippen MR) is 55.2 cm³/mol. The molecule has 1 atom stereocenters. The van der Waals surface area contributed by atoms with E-state index in [2.05, 4.69) is 10.8 Å². The first-order valence-corrected chi connectivity index (χ1v) is 4.85. The summed E-state index contributed by atoms with van der Waals surface area (Å²) in [6.07, 6.45) is 0.394. The predicted octanol–water partition coefficient (Wildman–Crippen LogP) is 0.410. The van der Waals surface area contributed by atoms with E-state index in [4.69, 9.17) is 10.00 Å². The summed E-state index contributed by atoms with van der Waals surface area (Å²) in [5.41, 5.74) is 0. The van der Waals surface area contributed by atoms with Gasteiger partial charge in [0.1, 0.15) is 6.04 Å². The zero-order valence-electron chi connectivity index (χ0n) is 9.52. The fourth-order valence-electron chi connectivity index (χ4n) is 1.22. The van der Waals surface area contributed by atoms with Crippen molar-refractivity contribution in [2.24, 2.45) is 0 Å². The van der Waals surface area contributed by atoms with Crippen molar-refractivity contribution in [3.8, 4) is 6.07 Å². The molecular formula is C10H18N2O3. The van der Waals surface area contributed by atoms with E-state index in [1.807, 2.05) is 4.90 Å². The first kappa shape index (κ1) is 13.9. The second-order valence-electron chi connectivity index (χ2n) is 3.14. The summed E-state index contributed by atoms with van der Waals surface area (Å²) < 4.78 is 9.59. The van der Waals surface area contributed by atoms with Gasteiger partial charge in [0.05, 0.1) is 19.8 Å². The van der Waals surface area contributed by atoms with Crippen LogP contribution in [0.3, 0.4) is 0 Å². The molecule has 0 heterocycles. The Balaban J connectivity index is 4.20. The summed E-state index contributed by atoms with van der Waals surface area (Å²) in [7, 11) is 2.96. The summed E-state index contributed by atoms with van der Waals surface area (Å²) in [5, 5.41) is 8.49. The molecule has 0 aromatic carbocycles. The second kappa shape index (κ2) is 8.21. The second-order valence-corrected chi connectivity index (χ2v) is 3.14. The van der Waals surface area contributed by atoms with E-state index < -0.39 is 0 Å². The number of carbonyl (C=O) groups is 1. The third kappa shape index (κ3) is 5.35. The van der Waals surface area contributed by atoms with Crippen molar-refractivity contribution >= 4 is 5.97 Å². The number of rotatable bonds is 7. The molecule has 0 amide bonds. The molecule has 0 N–H and O–H groups in total. The van der Waals surface area contributed by atoms with Crippen LogP contribution < -0.4 is 0 Å². The van der Waals surface area contributed by atoms with Gasteiger partial charge in [-0.15, -0.1) is 0 Å². The number of ether oxygens (including phenoxy) is 2. The van der Waals surface area contributed by atoms with Gasteiger partial charge in [0, 0.05) is 26.6 Å². The Kier molecular flexibility index (Phi) is 7.60. The average Bonchev–Trinajstić information content (AvgIpc) is 2.27. The lowest BCUT2D eigenvalue weighted by molar-refractivity contribution is -0.146. The van der Waals surface area contributed by atoms with Gasteiger partial charge in [-0.1, -0.05) is 0 Å². The Morgan fingerprint density at radius 1 is 1.47 bits per heavy atom. The number of hydrogen-bond acceptors (Lipinski definition) is 5. The van der Waals surface area contributed by atoms with Crippen LogP contribution >= 0.6 is 0 Å². The number of nitrogens with zero attached hydrogens (tertiary/aromatic N) is 2. The molecule has 0 aromatic rings. The van der Waals surface area contributed by atoms with E-state index in [0.717, 1.165) is 0 Å². The smallest absolute Gasteiger partial charge is 0.322 e. The van der Waals surface area contributed by atoms with Crippen LogP contribution in [0.15, 0.2) is 0 Å². The van der Waals surface area contributed by atoms with Crippen molar-refractivity contribution in [3.63, 3.8) is 0 Å². The quantitative estimate of drug-likeness (QED) is 0.574. The molecule has 5 nitrogen and oxygen atoms in total. The molecule has 0 rings (SSSR count). The average molecular weight is 214 g/mol. The van der Waals surface area contributed by atoms with Crippen LogP contribution in [0.5, 0.6) is 0 Å². The molecule has 0 saturated heterocycles. The zero-order chi connectivity index (χ0) is 11.7. The van der Waals surface area contributed by atoms with Crippen molar-refractivity contribution in [3.05, 3.63) is 0 Å². The van der Waals surface area contributed by atoms with E-state index in [0.29, 0.717) is 26.1 Å². The van der Waals surface area contributed by atoms with Crippen molar-refractivity contribution in [1.29, 1.82) is 5.26 Å². The normalized spacial score (nSPS) is 12.2. The lowest BCUT2D eigenvalue weighted by Crippen LogP contribution is -2.42. The van der Waals surface area contributed by atoms with Crippen LogP contribution in [0, 0.1) is 11.3 Å². The molecule has 5 heteroatoms. The highest BCUT2D eigenvalue weighted by Crippen LogP contribution is 2.02. The highest BCUT2D eigenvalue weighted by Gasteiger charge is 2.20. The summed E-state index contributed by atoms with van der Waals surface area (Å²) in [6, 6.07) is 1.72. The van der Waals surface area contributed by atoms with E-state index in [1.165, 1.54) is 7.11 Å². The van der Waals surface area contributed by atoms with Gasteiger partial charge in [0.15, 0.2) is 0 Å². The number of methoxy groups -OCH3 is 2. The summed E-state index contributed by atoms with van der Waals surface area (Å²) in [4.78, 5) is 13.2. The molecule has 0 unspecified atom stereocenters. The summed E-state index contributed by atoms with van der Waals surface area (Å²) in [5.74, 6) is -0.288. The number of carbonyl (C=O) groups excluding carboxylic acids is 1. The molecule has 0 fully saturated rings. The SMILES string of the molecule is COCCN(CCC#N)[C@@H](C)C(=O)OC. The minimum atomic E-state index is -0.335. The Morgan fingerprint density at radius 3 is 2.60 bits per heavy atom. The molecule has 0 aliphatic carbocycles. The van der Waals surface area contributed by atoms with E-state index in [-0.39, 0.29) is 12.0 Å². The molecular weight excluding hydrogens is 196 g/mol. The lowest BCUT2D eigenvalue weighted by Gasteiger charge is -2.25. The standard InChI is InChI=1S/C10H18N2O3/c1-9(10(13)15-3)12(6-4-5-11)7-8-14-2/h9H,4,6-8H2,1-3H3/t9-/m0/s1. The van der Waals surface area contributed by atoms with Crippen molar-refractivity contribution in [2.75, 3.05) is 33.9 Å². The molecule has 0 bridgehead atoms. The monoisotopic (exact) mass is 214 g/mol. The Hall–Kier alpha value is -1.12. The lowest BCUT2D eigenvalue weighted by atomic mass is 10.2. The van der Waals surface area contributed by atoms with Crippen LogP contribution in [0.4, 0.5) is 0 Å². The number of esters is 1. The third-order valence-electron chi connectivity index (χ3n) is 2.18. The Labute approximate surface area is 90.6 Å².